The van der Waals surface area contributed by atoms with Crippen LogP contribution in [0.15, 0.2) is 49.1 Å². The fraction of sp³-hybridized carbons (Fsp3) is 0.438. The Hall–Kier alpha value is -1.11. The highest BCUT2D eigenvalue weighted by molar-refractivity contribution is 5.85. The molecule has 1 aromatic heterocycles. The molecule has 0 unspecified atom stereocenters. The van der Waals surface area contributed by atoms with Gasteiger partial charge in [0, 0.05) is 18.8 Å². The number of benzene rings is 1. The molecule has 1 aromatic carbocycles. The second-order valence-electron chi connectivity index (χ2n) is 5.34. The molecule has 0 radical (unpaired) electrons. The van der Waals surface area contributed by atoms with E-state index in [1.54, 1.807) is 12.5 Å². The summed E-state index contributed by atoms with van der Waals surface area (Å²) in [6.45, 7) is 1.22. The number of aryl methyl sites for hydroxylation is 1. The molecule has 2 aromatic rings. The lowest BCUT2D eigenvalue weighted by molar-refractivity contribution is -0.184. The second kappa shape index (κ2) is 9.25. The number of nitrogens with zero attached hydrogens (tertiary/aromatic N) is 2. The lowest BCUT2D eigenvalue weighted by Crippen LogP contribution is -2.38. The first-order valence-corrected chi connectivity index (χ1v) is 7.28. The summed E-state index contributed by atoms with van der Waals surface area (Å²) in [5, 5.41) is 3.12. The van der Waals surface area contributed by atoms with Gasteiger partial charge in [0.15, 0.2) is 5.79 Å². The molecule has 7 heteroatoms. The van der Waals surface area contributed by atoms with E-state index in [1.165, 1.54) is 5.56 Å². The van der Waals surface area contributed by atoms with Crippen LogP contribution >= 0.6 is 24.8 Å². The van der Waals surface area contributed by atoms with E-state index < -0.39 is 5.79 Å². The van der Waals surface area contributed by atoms with E-state index in [1.807, 2.05) is 23.9 Å². The van der Waals surface area contributed by atoms with Gasteiger partial charge in [-0.05, 0) is 19.0 Å². The number of rotatable bonds is 6. The molecule has 0 aliphatic carbocycles. The Labute approximate surface area is 149 Å². The maximum Gasteiger partial charge on any atom is 0.188 e. The highest BCUT2D eigenvalue weighted by atomic mass is 35.5. The van der Waals surface area contributed by atoms with Crippen LogP contribution in [0.3, 0.4) is 0 Å². The highest BCUT2D eigenvalue weighted by Gasteiger charge is 2.41. The van der Waals surface area contributed by atoms with Crippen LogP contribution in [0.2, 0.25) is 0 Å². The third-order valence-electron chi connectivity index (χ3n) is 3.80. The van der Waals surface area contributed by atoms with Crippen molar-refractivity contribution in [2.45, 2.75) is 31.4 Å². The van der Waals surface area contributed by atoms with Crippen LogP contribution in [0.1, 0.15) is 12.0 Å². The van der Waals surface area contributed by atoms with Crippen molar-refractivity contribution >= 4 is 24.8 Å². The Balaban J connectivity index is 0.00000132. The molecule has 1 N–H and O–H groups in total. The van der Waals surface area contributed by atoms with Gasteiger partial charge in [0.1, 0.15) is 6.23 Å². The van der Waals surface area contributed by atoms with Crippen molar-refractivity contribution < 1.29 is 9.47 Å². The van der Waals surface area contributed by atoms with Gasteiger partial charge >= 0.3 is 0 Å². The maximum atomic E-state index is 6.11. The van der Waals surface area contributed by atoms with Gasteiger partial charge in [0.25, 0.3) is 0 Å². The Morgan fingerprint density at radius 1 is 1.30 bits per heavy atom. The fourth-order valence-electron chi connectivity index (χ4n) is 2.63. The third-order valence-corrected chi connectivity index (χ3v) is 3.80. The molecule has 1 saturated heterocycles. The number of halogens is 2. The van der Waals surface area contributed by atoms with Gasteiger partial charge in [-0.3, -0.25) is 5.32 Å². The number of nitrogens with one attached hydrogen (secondary N) is 1. The van der Waals surface area contributed by atoms with Crippen molar-refractivity contribution in [2.24, 2.45) is 0 Å². The van der Waals surface area contributed by atoms with E-state index in [0.717, 1.165) is 12.8 Å². The van der Waals surface area contributed by atoms with Gasteiger partial charge in [-0.25, -0.2) is 4.98 Å². The number of hydrogen-bond acceptors (Lipinski definition) is 4. The number of ether oxygens (including phenoxy) is 2. The van der Waals surface area contributed by atoms with Gasteiger partial charge in [-0.2, -0.15) is 0 Å². The summed E-state index contributed by atoms with van der Waals surface area (Å²) in [5.41, 5.74) is 1.29. The first-order valence-electron chi connectivity index (χ1n) is 7.28. The lowest BCUT2D eigenvalue weighted by atomic mass is 10.0. The Morgan fingerprint density at radius 2 is 2.09 bits per heavy atom. The van der Waals surface area contributed by atoms with Crippen LogP contribution in [0.5, 0.6) is 0 Å². The molecule has 0 spiro atoms. The van der Waals surface area contributed by atoms with Crippen LogP contribution in [0, 0.1) is 0 Å². The molecule has 0 saturated carbocycles. The first-order chi connectivity index (χ1) is 10.3. The van der Waals surface area contributed by atoms with Gasteiger partial charge in [-0.15, -0.1) is 24.8 Å². The minimum Gasteiger partial charge on any atom is -0.344 e. The summed E-state index contributed by atoms with van der Waals surface area (Å²) in [5.74, 6) is -0.593. The van der Waals surface area contributed by atoms with Crippen molar-refractivity contribution in [1.29, 1.82) is 0 Å². The van der Waals surface area contributed by atoms with Crippen LogP contribution in [0.25, 0.3) is 0 Å². The number of imidazole rings is 1. The van der Waals surface area contributed by atoms with Crippen LogP contribution in [0.4, 0.5) is 0 Å². The maximum absolute atomic E-state index is 6.11. The fourth-order valence-corrected chi connectivity index (χ4v) is 2.63. The van der Waals surface area contributed by atoms with Crippen molar-refractivity contribution in [3.05, 3.63) is 54.6 Å². The minimum absolute atomic E-state index is 0. The molecule has 2 atom stereocenters. The molecule has 5 nitrogen and oxygen atoms in total. The van der Waals surface area contributed by atoms with Gasteiger partial charge in [-0.1, -0.05) is 30.3 Å². The molecule has 3 rings (SSSR count). The van der Waals surface area contributed by atoms with E-state index in [-0.39, 0.29) is 31.0 Å². The SMILES string of the molecule is CN[C@H]1CO[C@@](CCc2ccccc2)(Cn2ccnc2)O1.Cl.Cl. The van der Waals surface area contributed by atoms with E-state index in [9.17, 15) is 0 Å². The topological polar surface area (TPSA) is 48.3 Å². The third kappa shape index (κ3) is 5.19. The van der Waals surface area contributed by atoms with E-state index >= 15 is 0 Å². The van der Waals surface area contributed by atoms with E-state index in [2.05, 4.69) is 34.6 Å². The largest absolute Gasteiger partial charge is 0.344 e. The van der Waals surface area contributed by atoms with Crippen molar-refractivity contribution in [3.8, 4) is 0 Å². The lowest BCUT2D eigenvalue weighted by Gasteiger charge is -2.28. The Kier molecular flexibility index (Phi) is 8.02. The highest BCUT2D eigenvalue weighted by Crippen LogP contribution is 2.29. The standard InChI is InChI=1S/C16H21N3O2.2ClH/c1-17-15-11-20-16(21-15,12-19-10-9-18-13-19)8-7-14-5-3-2-4-6-14;;/h2-6,9-10,13,15,17H,7-8,11-12H2,1H3;2*1H/t15-,16-;;/m1../s1. The molecule has 0 amide bonds. The van der Waals surface area contributed by atoms with Gasteiger partial charge < -0.3 is 14.0 Å². The molecular formula is C16H23Cl2N3O2. The summed E-state index contributed by atoms with van der Waals surface area (Å²) in [4.78, 5) is 4.09. The summed E-state index contributed by atoms with van der Waals surface area (Å²) < 4.78 is 14.1. The quantitative estimate of drug-likeness (QED) is 0.861. The Bertz CT molecular complexity index is 554. The van der Waals surface area contributed by atoms with Crippen molar-refractivity contribution in [1.82, 2.24) is 14.9 Å². The molecule has 128 valence electrons. The zero-order chi connectivity index (χ0) is 14.5. The van der Waals surface area contributed by atoms with Gasteiger partial charge in [0.2, 0.25) is 0 Å². The molecule has 1 aliphatic heterocycles. The second-order valence-corrected chi connectivity index (χ2v) is 5.34. The number of likely N-dealkylation sites (N-methyl/N-ethyl adjacent to an activating group) is 1. The predicted molar refractivity (Wildman–Crippen MR) is 94.1 cm³/mol. The van der Waals surface area contributed by atoms with Crippen LogP contribution < -0.4 is 5.32 Å². The molecule has 23 heavy (non-hydrogen) atoms. The molecule has 1 aliphatic rings. The summed E-state index contributed by atoms with van der Waals surface area (Å²) in [7, 11) is 1.89. The number of hydrogen-bond donors (Lipinski definition) is 1. The van der Waals surface area contributed by atoms with Crippen molar-refractivity contribution in [2.75, 3.05) is 13.7 Å². The van der Waals surface area contributed by atoms with Gasteiger partial charge in [0.05, 0.1) is 19.5 Å². The van der Waals surface area contributed by atoms with E-state index in [4.69, 9.17) is 9.47 Å². The summed E-state index contributed by atoms with van der Waals surface area (Å²) in [6.07, 6.45) is 7.19. The first kappa shape index (κ1) is 19.9. The average molecular weight is 360 g/mol. The Morgan fingerprint density at radius 3 is 2.70 bits per heavy atom. The zero-order valence-corrected chi connectivity index (χ0v) is 14.7. The number of aromatic nitrogens is 2. The monoisotopic (exact) mass is 359 g/mol. The van der Waals surface area contributed by atoms with Crippen molar-refractivity contribution in [3.63, 3.8) is 0 Å². The smallest absolute Gasteiger partial charge is 0.188 e. The van der Waals surface area contributed by atoms with E-state index in [0.29, 0.717) is 13.2 Å². The zero-order valence-electron chi connectivity index (χ0n) is 13.1. The molecular weight excluding hydrogens is 337 g/mol. The summed E-state index contributed by atoms with van der Waals surface area (Å²) in [6, 6.07) is 10.4. The predicted octanol–water partition coefficient (Wildman–Crippen LogP) is 2.65. The minimum atomic E-state index is -0.593. The average Bonchev–Trinajstić information content (AvgIpc) is 3.17. The van der Waals surface area contributed by atoms with Crippen LogP contribution in [-0.2, 0) is 22.4 Å². The molecule has 2 heterocycles. The molecule has 0 bridgehead atoms. The normalized spacial score (nSPS) is 23.1. The summed E-state index contributed by atoms with van der Waals surface area (Å²) >= 11 is 0. The molecule has 1 fully saturated rings. The van der Waals surface area contributed by atoms with Crippen LogP contribution in [-0.4, -0.2) is 35.2 Å².